The zero-order valence-electron chi connectivity index (χ0n) is 14.2. The lowest BCUT2D eigenvalue weighted by Gasteiger charge is -2.21. The number of ketones is 1. The monoisotopic (exact) mass is 328 g/mol. The van der Waals surface area contributed by atoms with Gasteiger partial charge in [0, 0.05) is 18.8 Å². The normalized spacial score (nSPS) is 25.7. The third-order valence-corrected chi connectivity index (χ3v) is 5.04. The molecule has 0 aromatic heterocycles. The highest BCUT2D eigenvalue weighted by molar-refractivity contribution is 5.84. The first-order chi connectivity index (χ1) is 11.0. The van der Waals surface area contributed by atoms with Crippen molar-refractivity contribution in [2.45, 2.75) is 89.8 Å². The molecule has 3 N–H and O–H groups in total. The summed E-state index contributed by atoms with van der Waals surface area (Å²) in [6.07, 6.45) is 7.01. The molecule has 0 radical (unpaired) electrons. The molecule has 5 nitrogen and oxygen atoms in total. The summed E-state index contributed by atoms with van der Waals surface area (Å²) < 4.78 is 0. The van der Waals surface area contributed by atoms with Gasteiger partial charge in [-0.1, -0.05) is 32.6 Å². The van der Waals surface area contributed by atoms with Gasteiger partial charge in [-0.2, -0.15) is 0 Å². The second-order valence-corrected chi connectivity index (χ2v) is 6.85. The number of carboxylic acids is 1. The highest BCUT2D eigenvalue weighted by Gasteiger charge is 2.40. The third-order valence-electron chi connectivity index (χ3n) is 5.04. The number of hydrogen-bond acceptors (Lipinski definition) is 4. The van der Waals surface area contributed by atoms with Crippen LogP contribution in [-0.4, -0.2) is 39.3 Å². The summed E-state index contributed by atoms with van der Waals surface area (Å²) in [4.78, 5) is 22.5. The fourth-order valence-electron chi connectivity index (χ4n) is 3.57. The summed E-state index contributed by atoms with van der Waals surface area (Å²) >= 11 is 0. The van der Waals surface area contributed by atoms with E-state index in [9.17, 15) is 19.8 Å². The molecule has 4 atom stereocenters. The standard InChI is InChI=1S/C18H32O5/c1-2-13(19)8-7-10-15-14(16(20)12-17(15)21)9-5-3-4-6-11-18(22)23/h13-15,17,19,21H,2-12H2,1H3,(H,22,23). The minimum Gasteiger partial charge on any atom is -0.481 e. The number of aliphatic hydroxyl groups is 2. The number of unbranched alkanes of at least 4 members (excludes halogenated alkanes) is 3. The molecule has 0 spiro atoms. The lowest BCUT2D eigenvalue weighted by atomic mass is 9.85. The first kappa shape index (κ1) is 20.1. The molecule has 1 aliphatic rings. The Bertz CT molecular complexity index is 368. The molecule has 1 aliphatic carbocycles. The van der Waals surface area contributed by atoms with Crippen LogP contribution in [0, 0.1) is 11.8 Å². The van der Waals surface area contributed by atoms with Gasteiger partial charge in [-0.3, -0.25) is 9.59 Å². The number of aliphatic carboxylic acids is 1. The molecular weight excluding hydrogens is 296 g/mol. The topological polar surface area (TPSA) is 94.8 Å². The predicted molar refractivity (Wildman–Crippen MR) is 88.1 cm³/mol. The van der Waals surface area contributed by atoms with Gasteiger partial charge in [0.25, 0.3) is 0 Å². The summed E-state index contributed by atoms with van der Waals surface area (Å²) in [5.74, 6) is -0.605. The van der Waals surface area contributed by atoms with Crippen LogP contribution in [0.1, 0.15) is 77.6 Å². The number of carbonyl (C=O) groups excluding carboxylic acids is 1. The van der Waals surface area contributed by atoms with E-state index in [4.69, 9.17) is 5.11 Å². The Morgan fingerprint density at radius 2 is 1.87 bits per heavy atom. The predicted octanol–water partition coefficient (Wildman–Crippen LogP) is 2.92. The zero-order valence-corrected chi connectivity index (χ0v) is 14.2. The van der Waals surface area contributed by atoms with Crippen LogP contribution in [0.15, 0.2) is 0 Å². The van der Waals surface area contributed by atoms with E-state index >= 15 is 0 Å². The fourth-order valence-corrected chi connectivity index (χ4v) is 3.57. The maximum absolute atomic E-state index is 12.1. The molecule has 0 aliphatic heterocycles. The average Bonchev–Trinajstić information content (AvgIpc) is 2.76. The second kappa shape index (κ2) is 10.8. The van der Waals surface area contributed by atoms with Gasteiger partial charge in [0.1, 0.15) is 5.78 Å². The van der Waals surface area contributed by atoms with Crippen LogP contribution < -0.4 is 0 Å². The Morgan fingerprint density at radius 3 is 2.52 bits per heavy atom. The molecule has 1 saturated carbocycles. The molecule has 5 heteroatoms. The van der Waals surface area contributed by atoms with Crippen LogP contribution in [-0.2, 0) is 9.59 Å². The van der Waals surface area contributed by atoms with E-state index in [1.165, 1.54) is 0 Å². The first-order valence-electron chi connectivity index (χ1n) is 9.06. The van der Waals surface area contributed by atoms with Crippen molar-refractivity contribution < 1.29 is 24.9 Å². The summed E-state index contributed by atoms with van der Waals surface area (Å²) in [6.45, 7) is 1.95. The smallest absolute Gasteiger partial charge is 0.303 e. The quantitative estimate of drug-likeness (QED) is 0.479. The minimum atomic E-state index is -0.756. The van der Waals surface area contributed by atoms with Crippen LogP contribution in [0.25, 0.3) is 0 Å². The van der Waals surface area contributed by atoms with Crippen molar-refractivity contribution in [3.8, 4) is 0 Å². The number of carboxylic acid groups (broad SMARTS) is 1. The average molecular weight is 328 g/mol. The molecule has 23 heavy (non-hydrogen) atoms. The van der Waals surface area contributed by atoms with Crippen molar-refractivity contribution in [1.82, 2.24) is 0 Å². The Labute approximate surface area is 139 Å². The maximum Gasteiger partial charge on any atom is 0.303 e. The van der Waals surface area contributed by atoms with Gasteiger partial charge >= 0.3 is 5.97 Å². The van der Waals surface area contributed by atoms with Crippen molar-refractivity contribution >= 4 is 11.8 Å². The molecule has 0 bridgehead atoms. The zero-order chi connectivity index (χ0) is 17.2. The van der Waals surface area contributed by atoms with Crippen LogP contribution in [0.3, 0.4) is 0 Å². The van der Waals surface area contributed by atoms with Gasteiger partial charge in [0.2, 0.25) is 0 Å². The molecule has 0 aromatic carbocycles. The van der Waals surface area contributed by atoms with Gasteiger partial charge in [-0.15, -0.1) is 0 Å². The summed E-state index contributed by atoms with van der Waals surface area (Å²) in [5, 5.41) is 28.3. The molecule has 1 fully saturated rings. The molecule has 1 rings (SSSR count). The number of aliphatic hydroxyl groups excluding tert-OH is 2. The Morgan fingerprint density at radius 1 is 1.17 bits per heavy atom. The van der Waals surface area contributed by atoms with E-state index in [1.54, 1.807) is 0 Å². The molecule has 0 amide bonds. The van der Waals surface area contributed by atoms with Gasteiger partial charge in [0.05, 0.1) is 12.2 Å². The van der Waals surface area contributed by atoms with Gasteiger partial charge in [-0.25, -0.2) is 0 Å². The van der Waals surface area contributed by atoms with Crippen molar-refractivity contribution in [2.75, 3.05) is 0 Å². The number of carbonyl (C=O) groups is 2. The van der Waals surface area contributed by atoms with E-state index in [0.29, 0.717) is 6.42 Å². The van der Waals surface area contributed by atoms with E-state index in [1.807, 2.05) is 6.92 Å². The van der Waals surface area contributed by atoms with Crippen molar-refractivity contribution in [3.05, 3.63) is 0 Å². The first-order valence-corrected chi connectivity index (χ1v) is 9.06. The van der Waals surface area contributed by atoms with Crippen molar-refractivity contribution in [2.24, 2.45) is 11.8 Å². The van der Waals surface area contributed by atoms with E-state index in [2.05, 4.69) is 0 Å². The third kappa shape index (κ3) is 7.44. The molecule has 134 valence electrons. The number of rotatable bonds is 12. The Kier molecular flexibility index (Phi) is 9.41. The molecular formula is C18H32O5. The minimum absolute atomic E-state index is 0.0329. The van der Waals surface area contributed by atoms with E-state index < -0.39 is 12.1 Å². The Hall–Kier alpha value is -0.940. The molecule has 0 heterocycles. The number of hydrogen-bond donors (Lipinski definition) is 3. The summed E-state index contributed by atoms with van der Waals surface area (Å²) in [6, 6.07) is 0. The van der Waals surface area contributed by atoms with Crippen molar-refractivity contribution in [3.63, 3.8) is 0 Å². The lowest BCUT2D eigenvalue weighted by Crippen LogP contribution is -2.21. The summed E-state index contributed by atoms with van der Waals surface area (Å²) in [7, 11) is 0. The highest BCUT2D eigenvalue weighted by atomic mass is 16.4. The number of Topliss-reactive ketones (excluding diaryl/α,β-unsaturated/α-hetero) is 1. The lowest BCUT2D eigenvalue weighted by molar-refractivity contribution is -0.137. The van der Waals surface area contributed by atoms with Gasteiger partial charge in [-0.05, 0) is 38.0 Å². The van der Waals surface area contributed by atoms with Gasteiger partial charge < -0.3 is 15.3 Å². The fraction of sp³-hybridized carbons (Fsp3) is 0.889. The van der Waals surface area contributed by atoms with E-state index in [-0.39, 0.29) is 36.6 Å². The maximum atomic E-state index is 12.1. The van der Waals surface area contributed by atoms with Gasteiger partial charge in [0.15, 0.2) is 0 Å². The van der Waals surface area contributed by atoms with Crippen molar-refractivity contribution in [1.29, 1.82) is 0 Å². The van der Waals surface area contributed by atoms with Crippen LogP contribution in [0.2, 0.25) is 0 Å². The van der Waals surface area contributed by atoms with Crippen LogP contribution in [0.5, 0.6) is 0 Å². The van der Waals surface area contributed by atoms with Crippen LogP contribution >= 0.6 is 0 Å². The highest BCUT2D eigenvalue weighted by Crippen LogP contribution is 2.36. The summed E-state index contributed by atoms with van der Waals surface area (Å²) in [5.41, 5.74) is 0. The molecule has 4 unspecified atom stereocenters. The molecule has 0 saturated heterocycles. The largest absolute Gasteiger partial charge is 0.481 e. The molecule has 0 aromatic rings. The Balaban J connectivity index is 2.29. The van der Waals surface area contributed by atoms with E-state index in [0.717, 1.165) is 51.4 Å². The SMILES string of the molecule is CCC(O)CCCC1C(O)CC(=O)C1CCCCCCC(=O)O. The van der Waals surface area contributed by atoms with Crippen LogP contribution in [0.4, 0.5) is 0 Å². The second-order valence-electron chi connectivity index (χ2n) is 6.85.